The van der Waals surface area contributed by atoms with E-state index in [-0.39, 0.29) is 17.4 Å². The third kappa shape index (κ3) is 3.56. The van der Waals surface area contributed by atoms with Crippen molar-refractivity contribution in [2.75, 3.05) is 4.31 Å². The average Bonchev–Trinajstić information content (AvgIpc) is 2.99. The van der Waals surface area contributed by atoms with Crippen LogP contribution in [0.1, 0.15) is 11.1 Å². The van der Waals surface area contributed by atoms with E-state index < -0.39 is 11.7 Å². The van der Waals surface area contributed by atoms with Gasteiger partial charge in [-0.1, -0.05) is 18.2 Å². The highest BCUT2D eigenvalue weighted by atomic mass is 35.7. The van der Waals surface area contributed by atoms with Crippen molar-refractivity contribution in [2.45, 2.75) is 12.7 Å². The molecule has 2 aromatic heterocycles. The number of thiophene rings is 1. The highest BCUT2D eigenvalue weighted by Gasteiger charge is 2.33. The fourth-order valence-corrected chi connectivity index (χ4v) is 4.00. The van der Waals surface area contributed by atoms with Crippen LogP contribution in [0.4, 0.5) is 19.0 Å². The maximum absolute atomic E-state index is 13.2. The molecular weight excluding hydrogens is 402 g/mol. The number of rotatable bonds is 4. The van der Waals surface area contributed by atoms with Crippen molar-refractivity contribution in [3.63, 3.8) is 0 Å². The largest absolute Gasteiger partial charge is 0.416 e. The predicted molar refractivity (Wildman–Crippen MR) is 93.5 cm³/mol. The fourth-order valence-electron chi connectivity index (χ4n) is 2.21. The van der Waals surface area contributed by atoms with E-state index >= 15 is 0 Å². The van der Waals surface area contributed by atoms with Gasteiger partial charge < -0.3 is 0 Å². The number of nitrogens with zero attached hydrogens (tertiary/aromatic N) is 3. The molecule has 3 aromatic rings. The monoisotopic (exact) mass is 409 g/mol. The summed E-state index contributed by atoms with van der Waals surface area (Å²) < 4.78 is 41.7. The molecule has 24 heavy (non-hydrogen) atoms. The lowest BCUT2D eigenvalue weighted by Gasteiger charge is -2.21. The molecule has 0 amide bonds. The Hall–Kier alpha value is -1.22. The van der Waals surface area contributed by atoms with Gasteiger partial charge in [0.25, 0.3) is 0 Å². The fraction of sp³-hybridized carbons (Fsp3) is 0.143. The zero-order valence-corrected chi connectivity index (χ0v) is 14.9. The van der Waals surface area contributed by atoms with Gasteiger partial charge in [0.05, 0.1) is 33.5 Å². The molecule has 0 saturated heterocycles. The van der Waals surface area contributed by atoms with Gasteiger partial charge in [-0.05, 0) is 45.4 Å². The molecule has 0 unspecified atom stereocenters. The zero-order valence-electron chi connectivity index (χ0n) is 11.7. The highest BCUT2D eigenvalue weighted by Crippen LogP contribution is 2.38. The standard InChI is InChI=1S/C14H8Cl2F3N3S2/c15-13-20-10-5-6-23-11(10)12(21-13)22(24-16)7-8-3-1-2-4-9(8)14(17,18)19/h1-6H,7H2. The number of halogens is 5. The van der Waals surface area contributed by atoms with E-state index in [0.717, 1.165) is 17.2 Å². The number of anilines is 1. The van der Waals surface area contributed by atoms with Crippen molar-refractivity contribution >= 4 is 60.8 Å². The highest BCUT2D eigenvalue weighted by molar-refractivity contribution is 8.22. The number of hydrogen-bond donors (Lipinski definition) is 0. The molecule has 2 heterocycles. The Kier molecular flexibility index (Phi) is 5.10. The van der Waals surface area contributed by atoms with E-state index in [0.29, 0.717) is 16.0 Å². The Morgan fingerprint density at radius 2 is 1.92 bits per heavy atom. The lowest BCUT2D eigenvalue weighted by atomic mass is 10.1. The van der Waals surface area contributed by atoms with E-state index in [1.54, 1.807) is 17.5 Å². The van der Waals surface area contributed by atoms with Crippen molar-refractivity contribution in [3.05, 3.63) is 52.1 Å². The van der Waals surface area contributed by atoms with Gasteiger partial charge in [-0.2, -0.15) is 18.2 Å². The van der Waals surface area contributed by atoms with Gasteiger partial charge >= 0.3 is 6.18 Å². The summed E-state index contributed by atoms with van der Waals surface area (Å²) >= 11 is 8.04. The van der Waals surface area contributed by atoms with Crippen LogP contribution in [0.2, 0.25) is 5.28 Å². The minimum atomic E-state index is -4.44. The molecule has 10 heteroatoms. The minimum absolute atomic E-state index is 0.00993. The summed E-state index contributed by atoms with van der Waals surface area (Å²) in [5.74, 6) is 0.386. The molecule has 0 aliphatic rings. The molecular formula is C14H8Cl2F3N3S2. The molecule has 3 nitrogen and oxygen atoms in total. The van der Waals surface area contributed by atoms with Crippen LogP contribution in [-0.2, 0) is 12.7 Å². The van der Waals surface area contributed by atoms with Crippen molar-refractivity contribution in [2.24, 2.45) is 0 Å². The van der Waals surface area contributed by atoms with Crippen molar-refractivity contribution in [3.8, 4) is 0 Å². The summed E-state index contributed by atoms with van der Waals surface area (Å²) in [6, 6.07) is 7.12. The van der Waals surface area contributed by atoms with Crippen LogP contribution in [-0.4, -0.2) is 9.97 Å². The van der Waals surface area contributed by atoms with Crippen molar-refractivity contribution < 1.29 is 13.2 Å². The number of aromatic nitrogens is 2. The smallest absolute Gasteiger partial charge is 0.281 e. The Morgan fingerprint density at radius 1 is 1.17 bits per heavy atom. The maximum Gasteiger partial charge on any atom is 0.416 e. The van der Waals surface area contributed by atoms with E-state index in [1.807, 2.05) is 0 Å². The molecule has 0 saturated carbocycles. The quantitative estimate of drug-likeness (QED) is 0.380. The van der Waals surface area contributed by atoms with Crippen LogP contribution in [0.25, 0.3) is 10.2 Å². The van der Waals surface area contributed by atoms with Crippen LogP contribution in [0.15, 0.2) is 35.7 Å². The number of benzene rings is 1. The first-order chi connectivity index (χ1) is 11.4. The molecule has 0 bridgehead atoms. The first-order valence-corrected chi connectivity index (χ1v) is 9.38. The van der Waals surface area contributed by atoms with Crippen molar-refractivity contribution in [1.29, 1.82) is 0 Å². The van der Waals surface area contributed by atoms with Crippen LogP contribution in [0.3, 0.4) is 0 Å². The summed E-state index contributed by atoms with van der Waals surface area (Å²) in [5.41, 5.74) is 0.00991. The Bertz CT molecular complexity index is 870. The van der Waals surface area contributed by atoms with Gasteiger partial charge in [0.2, 0.25) is 5.28 Å². The van der Waals surface area contributed by atoms with Gasteiger partial charge in [0.1, 0.15) is 0 Å². The van der Waals surface area contributed by atoms with Crippen LogP contribution in [0, 0.1) is 0 Å². The van der Waals surface area contributed by atoms with Crippen molar-refractivity contribution in [1.82, 2.24) is 9.97 Å². The predicted octanol–water partition coefficient (Wildman–Crippen LogP) is 6.17. The van der Waals surface area contributed by atoms with Gasteiger partial charge in [0.15, 0.2) is 5.82 Å². The lowest BCUT2D eigenvalue weighted by Crippen LogP contribution is -2.18. The molecule has 0 atom stereocenters. The first kappa shape index (κ1) is 17.6. The van der Waals surface area contributed by atoms with Crippen LogP contribution in [0.5, 0.6) is 0 Å². The third-order valence-electron chi connectivity index (χ3n) is 3.21. The van der Waals surface area contributed by atoms with E-state index in [4.69, 9.17) is 22.3 Å². The average molecular weight is 410 g/mol. The summed E-state index contributed by atoms with van der Waals surface area (Å²) in [7, 11) is 5.90. The van der Waals surface area contributed by atoms with Gasteiger partial charge in [0, 0.05) is 0 Å². The number of fused-ring (bicyclic) bond motifs is 1. The summed E-state index contributed by atoms with van der Waals surface area (Å²) in [6.07, 6.45) is -4.44. The number of alkyl halides is 3. The molecule has 0 aliphatic heterocycles. The second-order valence-corrected chi connectivity index (χ2v) is 6.96. The van der Waals surface area contributed by atoms with Gasteiger partial charge in [-0.25, -0.2) is 4.98 Å². The second-order valence-electron chi connectivity index (χ2n) is 4.71. The van der Waals surface area contributed by atoms with E-state index in [9.17, 15) is 13.2 Å². The molecule has 0 spiro atoms. The number of hydrogen-bond acceptors (Lipinski definition) is 5. The topological polar surface area (TPSA) is 29.0 Å². The minimum Gasteiger partial charge on any atom is -0.281 e. The summed E-state index contributed by atoms with van der Waals surface area (Å²) in [4.78, 5) is 8.22. The van der Waals surface area contributed by atoms with Gasteiger partial charge in [-0.3, -0.25) is 4.31 Å². The Balaban J connectivity index is 2.03. The van der Waals surface area contributed by atoms with Crippen LogP contribution >= 0.6 is 44.8 Å². The third-order valence-corrected chi connectivity index (χ3v) is 5.25. The molecule has 3 rings (SSSR count). The molecule has 0 radical (unpaired) electrons. The summed E-state index contributed by atoms with van der Waals surface area (Å²) in [6.45, 7) is -0.0792. The second kappa shape index (κ2) is 6.95. The molecule has 0 fully saturated rings. The SMILES string of the molecule is FC(F)(F)c1ccccc1CN(SCl)c1nc(Cl)nc2ccsc12. The molecule has 126 valence electrons. The Morgan fingerprint density at radius 3 is 2.62 bits per heavy atom. The summed E-state index contributed by atoms with van der Waals surface area (Å²) in [5, 5.41) is 1.82. The first-order valence-electron chi connectivity index (χ1n) is 6.52. The van der Waals surface area contributed by atoms with Crippen LogP contribution < -0.4 is 4.31 Å². The van der Waals surface area contributed by atoms with E-state index in [2.05, 4.69) is 9.97 Å². The normalized spacial score (nSPS) is 11.9. The molecule has 1 aromatic carbocycles. The molecule has 0 N–H and O–H groups in total. The van der Waals surface area contributed by atoms with Gasteiger partial charge in [-0.15, -0.1) is 11.3 Å². The maximum atomic E-state index is 13.2. The zero-order chi connectivity index (χ0) is 17.3. The Labute approximate surface area is 153 Å². The van der Waals surface area contributed by atoms with E-state index in [1.165, 1.54) is 27.8 Å². The molecule has 0 aliphatic carbocycles. The lowest BCUT2D eigenvalue weighted by molar-refractivity contribution is -0.138.